The van der Waals surface area contributed by atoms with Gasteiger partial charge in [0.25, 0.3) is 0 Å². The molecule has 0 heterocycles. The number of rotatable bonds is 5. The largest absolute Gasteiger partial charge is 0.390 e. The molecular formula is C13H18N2O2. The molecule has 17 heavy (non-hydrogen) atoms. The number of hydrogen-bond donors (Lipinski definition) is 3. The molecule has 0 aromatic heterocycles. The quantitative estimate of drug-likeness (QED) is 0.706. The van der Waals surface area contributed by atoms with E-state index in [9.17, 15) is 10.2 Å². The molecule has 0 radical (unpaired) electrons. The molecule has 0 bridgehead atoms. The average Bonchev–Trinajstić information content (AvgIpc) is 2.34. The van der Waals surface area contributed by atoms with Crippen LogP contribution in [0.25, 0.3) is 0 Å². The highest BCUT2D eigenvalue weighted by Crippen LogP contribution is 2.25. The summed E-state index contributed by atoms with van der Waals surface area (Å²) in [4.78, 5) is 0. The average molecular weight is 234 g/mol. The van der Waals surface area contributed by atoms with E-state index >= 15 is 0 Å². The minimum Gasteiger partial charge on any atom is -0.390 e. The van der Waals surface area contributed by atoms with Gasteiger partial charge in [0.15, 0.2) is 0 Å². The minimum absolute atomic E-state index is 0.418. The Kier molecular flexibility index (Phi) is 5.11. The van der Waals surface area contributed by atoms with E-state index in [4.69, 9.17) is 5.26 Å². The molecule has 3 N–H and O–H groups in total. The number of aliphatic hydroxyl groups excluding tert-OH is 2. The number of nitrogens with one attached hydrogen (secondary N) is 1. The van der Waals surface area contributed by atoms with Crippen LogP contribution in [0.15, 0.2) is 18.2 Å². The molecule has 0 fully saturated rings. The molecule has 0 aliphatic rings. The molecule has 0 spiro atoms. The molecule has 92 valence electrons. The molecule has 0 saturated heterocycles. The third kappa shape index (κ3) is 3.27. The van der Waals surface area contributed by atoms with Crippen molar-refractivity contribution in [3.63, 3.8) is 0 Å². The zero-order valence-corrected chi connectivity index (χ0v) is 10.1. The van der Waals surface area contributed by atoms with Crippen LogP contribution in [0.3, 0.4) is 0 Å². The Morgan fingerprint density at radius 2 is 2.12 bits per heavy atom. The third-order valence-corrected chi connectivity index (χ3v) is 2.79. The summed E-state index contributed by atoms with van der Waals surface area (Å²) >= 11 is 0. The van der Waals surface area contributed by atoms with Crippen LogP contribution in [0, 0.1) is 18.3 Å². The molecule has 4 nitrogen and oxygen atoms in total. The van der Waals surface area contributed by atoms with E-state index in [1.807, 2.05) is 19.1 Å². The third-order valence-electron chi connectivity index (χ3n) is 2.79. The van der Waals surface area contributed by atoms with Gasteiger partial charge >= 0.3 is 0 Å². The summed E-state index contributed by atoms with van der Waals surface area (Å²) in [6, 6.07) is 7.28. The molecule has 0 aliphatic heterocycles. The Morgan fingerprint density at radius 3 is 2.71 bits per heavy atom. The van der Waals surface area contributed by atoms with E-state index in [0.717, 1.165) is 5.56 Å². The first-order valence-electron chi connectivity index (χ1n) is 5.62. The van der Waals surface area contributed by atoms with Gasteiger partial charge in [-0.05, 0) is 38.6 Å². The maximum Gasteiger partial charge on any atom is 0.106 e. The van der Waals surface area contributed by atoms with Crippen molar-refractivity contribution in [2.45, 2.75) is 25.6 Å². The fourth-order valence-corrected chi connectivity index (χ4v) is 1.81. The van der Waals surface area contributed by atoms with Crippen LogP contribution in [-0.4, -0.2) is 29.9 Å². The van der Waals surface area contributed by atoms with Crippen LogP contribution >= 0.6 is 0 Å². The Morgan fingerprint density at radius 1 is 1.41 bits per heavy atom. The summed E-state index contributed by atoms with van der Waals surface area (Å²) in [6.07, 6.45) is -1.44. The van der Waals surface area contributed by atoms with Crippen molar-refractivity contribution >= 4 is 0 Å². The van der Waals surface area contributed by atoms with E-state index in [0.29, 0.717) is 24.1 Å². The van der Waals surface area contributed by atoms with E-state index in [-0.39, 0.29) is 0 Å². The summed E-state index contributed by atoms with van der Waals surface area (Å²) in [5.41, 5.74) is 1.76. The lowest BCUT2D eigenvalue weighted by atomic mass is 9.93. The van der Waals surface area contributed by atoms with Crippen molar-refractivity contribution in [1.29, 1.82) is 5.26 Å². The van der Waals surface area contributed by atoms with E-state index in [2.05, 4.69) is 5.32 Å². The van der Waals surface area contributed by atoms with Gasteiger partial charge in [0.05, 0.1) is 17.7 Å². The highest BCUT2D eigenvalue weighted by molar-refractivity contribution is 5.44. The standard InChI is InChI=1S/C13H18N2O2/c1-9-4-3-5-10(8-14)12(9)13(17)11(16)6-7-15-2/h3-5,11,13,15-17H,6-7H2,1-2H3. The van der Waals surface area contributed by atoms with Crippen LogP contribution in [0.2, 0.25) is 0 Å². The summed E-state index contributed by atoms with van der Waals surface area (Å²) in [5.74, 6) is 0. The highest BCUT2D eigenvalue weighted by Gasteiger charge is 2.22. The van der Waals surface area contributed by atoms with Crippen molar-refractivity contribution < 1.29 is 10.2 Å². The maximum atomic E-state index is 10.1. The highest BCUT2D eigenvalue weighted by atomic mass is 16.3. The fraction of sp³-hybridized carbons (Fsp3) is 0.462. The number of nitrogens with zero attached hydrogens (tertiary/aromatic N) is 1. The van der Waals surface area contributed by atoms with Gasteiger partial charge in [-0.1, -0.05) is 12.1 Å². The van der Waals surface area contributed by atoms with Gasteiger partial charge in [-0.2, -0.15) is 5.26 Å². The van der Waals surface area contributed by atoms with Crippen LogP contribution in [-0.2, 0) is 0 Å². The van der Waals surface area contributed by atoms with E-state index in [1.54, 1.807) is 19.2 Å². The molecule has 0 saturated carbocycles. The van der Waals surface area contributed by atoms with Crippen molar-refractivity contribution in [3.8, 4) is 6.07 Å². The fourth-order valence-electron chi connectivity index (χ4n) is 1.81. The normalized spacial score (nSPS) is 14.1. The first kappa shape index (κ1) is 13.7. The molecule has 2 atom stereocenters. The number of benzene rings is 1. The summed E-state index contributed by atoms with van der Waals surface area (Å²) in [5, 5.41) is 31.8. The van der Waals surface area contributed by atoms with Crippen molar-refractivity contribution in [2.24, 2.45) is 0 Å². The van der Waals surface area contributed by atoms with Gasteiger partial charge in [0.1, 0.15) is 6.10 Å². The molecule has 1 aromatic rings. The van der Waals surface area contributed by atoms with Crippen LogP contribution in [0.4, 0.5) is 0 Å². The zero-order chi connectivity index (χ0) is 12.8. The second-order valence-electron chi connectivity index (χ2n) is 4.05. The molecule has 1 rings (SSSR count). The van der Waals surface area contributed by atoms with E-state index in [1.165, 1.54) is 0 Å². The SMILES string of the molecule is CNCCC(O)C(O)c1c(C)cccc1C#N. The minimum atomic E-state index is -1.01. The summed E-state index contributed by atoms with van der Waals surface area (Å²) in [6.45, 7) is 2.44. The topological polar surface area (TPSA) is 76.3 Å². The van der Waals surface area contributed by atoms with Gasteiger partial charge in [-0.3, -0.25) is 0 Å². The number of aryl methyl sites for hydroxylation is 1. The zero-order valence-electron chi connectivity index (χ0n) is 10.1. The number of hydrogen-bond acceptors (Lipinski definition) is 4. The Labute approximate surface area is 102 Å². The van der Waals surface area contributed by atoms with Crippen molar-refractivity contribution in [1.82, 2.24) is 5.32 Å². The molecular weight excluding hydrogens is 216 g/mol. The predicted octanol–water partition coefficient (Wildman–Crippen LogP) is 0.871. The predicted molar refractivity (Wildman–Crippen MR) is 65.4 cm³/mol. The van der Waals surface area contributed by atoms with Gasteiger partial charge < -0.3 is 15.5 Å². The van der Waals surface area contributed by atoms with Gasteiger partial charge in [-0.25, -0.2) is 0 Å². The van der Waals surface area contributed by atoms with E-state index < -0.39 is 12.2 Å². The lowest BCUT2D eigenvalue weighted by Gasteiger charge is -2.20. The summed E-state index contributed by atoms with van der Waals surface area (Å²) < 4.78 is 0. The lowest BCUT2D eigenvalue weighted by Crippen LogP contribution is -2.24. The van der Waals surface area contributed by atoms with Gasteiger partial charge in [0, 0.05) is 5.56 Å². The van der Waals surface area contributed by atoms with Crippen LogP contribution < -0.4 is 5.32 Å². The first-order chi connectivity index (χ1) is 8.11. The smallest absolute Gasteiger partial charge is 0.106 e. The number of nitriles is 1. The molecule has 0 amide bonds. The van der Waals surface area contributed by atoms with Crippen molar-refractivity contribution in [3.05, 3.63) is 34.9 Å². The second kappa shape index (κ2) is 6.36. The molecule has 0 aliphatic carbocycles. The van der Waals surface area contributed by atoms with Gasteiger partial charge in [-0.15, -0.1) is 0 Å². The van der Waals surface area contributed by atoms with Crippen molar-refractivity contribution in [2.75, 3.05) is 13.6 Å². The Hall–Kier alpha value is -1.41. The molecule has 1 aromatic carbocycles. The monoisotopic (exact) mass is 234 g/mol. The second-order valence-corrected chi connectivity index (χ2v) is 4.05. The number of aliphatic hydroxyl groups is 2. The maximum absolute atomic E-state index is 10.1. The Balaban J connectivity index is 2.95. The summed E-state index contributed by atoms with van der Waals surface area (Å²) in [7, 11) is 1.79. The van der Waals surface area contributed by atoms with Crippen LogP contribution in [0.5, 0.6) is 0 Å². The Bertz CT molecular complexity index is 412. The molecule has 4 heteroatoms. The first-order valence-corrected chi connectivity index (χ1v) is 5.62. The lowest BCUT2D eigenvalue weighted by molar-refractivity contribution is 0.0135. The molecule has 2 unspecified atom stereocenters. The van der Waals surface area contributed by atoms with Gasteiger partial charge in [0.2, 0.25) is 0 Å². The van der Waals surface area contributed by atoms with Crippen LogP contribution in [0.1, 0.15) is 29.2 Å².